The molecule has 0 aliphatic heterocycles. The summed E-state index contributed by atoms with van der Waals surface area (Å²) in [6.07, 6.45) is 0. The van der Waals surface area contributed by atoms with Crippen molar-refractivity contribution in [1.82, 2.24) is 0 Å². The van der Waals surface area contributed by atoms with Crippen LogP contribution in [0.5, 0.6) is 5.75 Å². The van der Waals surface area contributed by atoms with Crippen LogP contribution < -0.4 is 4.43 Å². The molecule has 0 bridgehead atoms. The van der Waals surface area contributed by atoms with E-state index in [4.69, 9.17) is 18.6 Å². The van der Waals surface area contributed by atoms with Crippen LogP contribution in [0.25, 0.3) is 0 Å². The predicted octanol–water partition coefficient (Wildman–Crippen LogP) is 5.05. The van der Waals surface area contributed by atoms with Crippen molar-refractivity contribution in [3.63, 3.8) is 0 Å². The Kier molecular flexibility index (Phi) is 10.9. The molecule has 0 spiro atoms. The number of aliphatic carboxylic acids is 1. The first-order valence-corrected chi connectivity index (χ1v) is 12.5. The largest absolute Gasteiger partial charge is 0.543 e. The third kappa shape index (κ3) is 7.10. The Balaban J connectivity index is 2.84. The summed E-state index contributed by atoms with van der Waals surface area (Å²) >= 11 is 0. The second-order valence-corrected chi connectivity index (χ2v) is 13.6. The summed E-state index contributed by atoms with van der Waals surface area (Å²) in [4.78, 5) is 11.7. The fourth-order valence-electron chi connectivity index (χ4n) is 4.06. The average Bonchev–Trinajstić information content (AvgIpc) is 2.65. The average molecular weight is 427 g/mol. The van der Waals surface area contributed by atoms with E-state index in [9.17, 15) is 9.90 Å². The molecule has 1 atom stereocenters. The minimum absolute atomic E-state index is 0.0413. The highest BCUT2D eigenvalue weighted by molar-refractivity contribution is 6.78. The maximum absolute atomic E-state index is 11.7. The van der Waals surface area contributed by atoms with Crippen LogP contribution in [-0.2, 0) is 19.0 Å². The summed E-state index contributed by atoms with van der Waals surface area (Å²) in [5.74, 6) is -0.868. The van der Waals surface area contributed by atoms with Gasteiger partial charge in [-0.3, -0.25) is 4.79 Å². The molecule has 166 valence electrons. The van der Waals surface area contributed by atoms with Crippen molar-refractivity contribution < 1.29 is 28.5 Å². The van der Waals surface area contributed by atoms with E-state index >= 15 is 0 Å². The maximum Gasteiger partial charge on any atom is 0.313 e. The van der Waals surface area contributed by atoms with Crippen molar-refractivity contribution in [2.75, 3.05) is 33.7 Å². The van der Waals surface area contributed by atoms with Crippen molar-refractivity contribution in [2.24, 2.45) is 0 Å². The Morgan fingerprint density at radius 2 is 1.48 bits per heavy atom. The Bertz CT molecular complexity index is 578. The van der Waals surface area contributed by atoms with Gasteiger partial charge in [-0.1, -0.05) is 53.7 Å². The van der Waals surface area contributed by atoms with Crippen LogP contribution in [0.15, 0.2) is 24.3 Å². The first-order chi connectivity index (χ1) is 13.7. The van der Waals surface area contributed by atoms with Crippen LogP contribution in [0.2, 0.25) is 16.6 Å². The van der Waals surface area contributed by atoms with Gasteiger partial charge >= 0.3 is 5.97 Å². The molecule has 1 aromatic rings. The van der Waals surface area contributed by atoms with E-state index in [0.717, 1.165) is 5.75 Å². The lowest BCUT2D eigenvalue weighted by Crippen LogP contribution is -2.50. The predicted molar refractivity (Wildman–Crippen MR) is 117 cm³/mol. The molecule has 0 amide bonds. The van der Waals surface area contributed by atoms with Crippen LogP contribution in [0.3, 0.4) is 0 Å². The summed E-state index contributed by atoms with van der Waals surface area (Å²) < 4.78 is 22.1. The fourth-order valence-corrected chi connectivity index (χ4v) is 9.31. The minimum Gasteiger partial charge on any atom is -0.543 e. The highest BCUT2D eigenvalue weighted by Crippen LogP contribution is 2.42. The highest BCUT2D eigenvalue weighted by atomic mass is 28.4. The van der Waals surface area contributed by atoms with Gasteiger partial charge in [0.1, 0.15) is 18.5 Å². The van der Waals surface area contributed by atoms with Gasteiger partial charge in [0.2, 0.25) is 0 Å². The van der Waals surface area contributed by atoms with Gasteiger partial charge in [0.15, 0.2) is 0 Å². The first-order valence-electron chi connectivity index (χ1n) is 10.3. The lowest BCUT2D eigenvalue weighted by atomic mass is 10.0. The van der Waals surface area contributed by atoms with Crippen molar-refractivity contribution in [2.45, 2.75) is 64.1 Å². The Hall–Kier alpha value is -1.41. The number of benzene rings is 1. The molecule has 1 aromatic carbocycles. The van der Waals surface area contributed by atoms with Crippen LogP contribution in [0.4, 0.5) is 0 Å². The summed E-state index contributed by atoms with van der Waals surface area (Å²) in [5.41, 5.74) is 2.11. The number of carboxylic acids is 1. The van der Waals surface area contributed by atoms with E-state index in [2.05, 4.69) is 41.5 Å². The Labute approximate surface area is 176 Å². The molecule has 0 heterocycles. The molecule has 1 unspecified atom stereocenters. The second-order valence-electron chi connectivity index (χ2n) is 8.27. The van der Waals surface area contributed by atoms with Gasteiger partial charge in [0.05, 0.1) is 19.8 Å². The van der Waals surface area contributed by atoms with Gasteiger partial charge in [0.25, 0.3) is 8.32 Å². The first kappa shape index (κ1) is 25.6. The van der Waals surface area contributed by atoms with Gasteiger partial charge in [-0.25, -0.2) is 0 Å². The molecule has 0 aliphatic rings. The Morgan fingerprint density at radius 3 is 1.93 bits per heavy atom. The van der Waals surface area contributed by atoms with Gasteiger partial charge in [-0.15, -0.1) is 0 Å². The third-order valence-corrected chi connectivity index (χ3v) is 11.5. The number of carboxylic acid groups (broad SMARTS) is 1. The zero-order valence-electron chi connectivity index (χ0n) is 18.9. The molecule has 0 aromatic heterocycles. The molecule has 0 saturated heterocycles. The Morgan fingerprint density at radius 1 is 0.931 bits per heavy atom. The topological polar surface area (TPSA) is 74.2 Å². The van der Waals surface area contributed by atoms with Gasteiger partial charge in [-0.05, 0) is 34.3 Å². The summed E-state index contributed by atoms with van der Waals surface area (Å²) in [6, 6.07) is 7.41. The van der Waals surface area contributed by atoms with E-state index in [1.807, 2.05) is 24.3 Å². The number of ether oxygens (including phenoxy) is 3. The molecule has 1 N–H and O–H groups in total. The number of hydrogen-bond acceptors (Lipinski definition) is 5. The molecule has 7 heteroatoms. The zero-order valence-corrected chi connectivity index (χ0v) is 19.9. The summed E-state index contributed by atoms with van der Waals surface area (Å²) in [6.45, 7) is 14.4. The normalized spacial score (nSPS) is 13.3. The third-order valence-electron chi connectivity index (χ3n) is 5.47. The quantitative estimate of drug-likeness (QED) is 0.255. The fraction of sp³-hybridized carbons (Fsp3) is 0.682. The van der Waals surface area contributed by atoms with Crippen molar-refractivity contribution in [3.05, 3.63) is 29.8 Å². The van der Waals surface area contributed by atoms with E-state index < -0.39 is 20.2 Å². The smallest absolute Gasteiger partial charge is 0.313 e. The van der Waals surface area contributed by atoms with Gasteiger partial charge < -0.3 is 23.7 Å². The van der Waals surface area contributed by atoms with Crippen molar-refractivity contribution in [1.29, 1.82) is 0 Å². The number of hydrogen-bond donors (Lipinski definition) is 1. The SMILES string of the molecule is COCCOCOCC(C(=O)O)c1ccc(O[Si](C(C)C)(C(C)C)C(C)C)cc1. The maximum atomic E-state index is 11.7. The van der Waals surface area contributed by atoms with Crippen LogP contribution in [0, 0.1) is 0 Å². The monoisotopic (exact) mass is 426 g/mol. The molecule has 1 rings (SSSR count). The lowest BCUT2D eigenvalue weighted by molar-refractivity contribution is -0.142. The van der Waals surface area contributed by atoms with E-state index in [-0.39, 0.29) is 13.4 Å². The highest BCUT2D eigenvalue weighted by Gasteiger charge is 2.46. The van der Waals surface area contributed by atoms with Crippen LogP contribution in [-0.4, -0.2) is 53.1 Å². The van der Waals surface area contributed by atoms with Gasteiger partial charge in [0, 0.05) is 7.11 Å². The summed E-state index contributed by atoms with van der Waals surface area (Å²) in [7, 11) is -0.448. The molecule has 0 radical (unpaired) electrons. The molecule has 0 fully saturated rings. The van der Waals surface area contributed by atoms with Crippen molar-refractivity contribution in [3.8, 4) is 5.75 Å². The van der Waals surface area contributed by atoms with Crippen LogP contribution in [0.1, 0.15) is 53.0 Å². The number of methoxy groups -OCH3 is 1. The molecule has 6 nitrogen and oxygen atoms in total. The van der Waals surface area contributed by atoms with Crippen molar-refractivity contribution >= 4 is 14.3 Å². The standard InChI is InChI=1S/C22H38O6Si/c1-16(2)29(17(3)4,18(5)6)28-20-10-8-19(9-11-20)21(22(23)24)14-27-15-26-13-12-25-7/h8-11,16-18,21H,12-15H2,1-7H3,(H,23,24). The molecule has 0 saturated carbocycles. The summed E-state index contributed by atoms with van der Waals surface area (Å²) in [5, 5.41) is 9.58. The zero-order chi connectivity index (χ0) is 22.0. The van der Waals surface area contributed by atoms with Gasteiger partial charge in [-0.2, -0.15) is 0 Å². The molecule has 0 aliphatic carbocycles. The van der Waals surface area contributed by atoms with Crippen LogP contribution >= 0.6 is 0 Å². The minimum atomic E-state index is -2.04. The second kappa shape index (κ2) is 12.3. The molecule has 29 heavy (non-hydrogen) atoms. The molecular formula is C22H38O6Si. The lowest BCUT2D eigenvalue weighted by Gasteiger charge is -2.42. The molecular weight excluding hydrogens is 388 g/mol. The van der Waals surface area contributed by atoms with E-state index in [0.29, 0.717) is 35.4 Å². The number of rotatable bonds is 14. The number of carbonyl (C=O) groups is 1. The van der Waals surface area contributed by atoms with E-state index in [1.54, 1.807) is 7.11 Å². The van der Waals surface area contributed by atoms with E-state index in [1.165, 1.54) is 0 Å².